The van der Waals surface area contributed by atoms with Crippen molar-refractivity contribution in [2.24, 2.45) is 5.41 Å². The molecular formula is C53H58ClN11O4. The van der Waals surface area contributed by atoms with Crippen molar-refractivity contribution >= 4 is 40.0 Å². The predicted octanol–water partition coefficient (Wildman–Crippen LogP) is 9.05. The fraction of sp³-hybridized carbons (Fsp3) is 0.472. The van der Waals surface area contributed by atoms with Crippen LogP contribution < -0.4 is 15.0 Å². The molecule has 2 aliphatic carbocycles. The molecule has 5 aliphatic rings. The summed E-state index contributed by atoms with van der Waals surface area (Å²) in [5, 5.41) is 33.9. The highest BCUT2D eigenvalue weighted by Crippen LogP contribution is 2.48. The van der Waals surface area contributed by atoms with Gasteiger partial charge in [-0.3, -0.25) is 23.9 Å². The van der Waals surface area contributed by atoms with Crippen molar-refractivity contribution in [2.75, 3.05) is 37.7 Å². The van der Waals surface area contributed by atoms with Gasteiger partial charge in [0, 0.05) is 105 Å². The van der Waals surface area contributed by atoms with Crippen LogP contribution in [0.1, 0.15) is 123 Å². The average molecular weight is 949 g/mol. The lowest BCUT2D eigenvalue weighted by molar-refractivity contribution is -0.129. The number of piperidine rings is 1. The van der Waals surface area contributed by atoms with Crippen LogP contribution in [0.2, 0.25) is 5.02 Å². The minimum absolute atomic E-state index is 0.0301. The van der Waals surface area contributed by atoms with Crippen molar-refractivity contribution in [3.63, 3.8) is 0 Å². The number of halogens is 1. The molecule has 16 heteroatoms. The molecule has 4 fully saturated rings. The summed E-state index contributed by atoms with van der Waals surface area (Å²) >= 11 is 6.18. The molecule has 1 spiro atoms. The van der Waals surface area contributed by atoms with E-state index in [0.29, 0.717) is 52.6 Å². The molecule has 2 amide bonds. The van der Waals surface area contributed by atoms with Crippen LogP contribution in [-0.2, 0) is 22.5 Å². The third-order valence-electron chi connectivity index (χ3n) is 15.8. The lowest BCUT2D eigenvalue weighted by Crippen LogP contribution is -2.42. The molecule has 0 atom stereocenters. The van der Waals surface area contributed by atoms with E-state index in [0.717, 1.165) is 142 Å². The number of nitrogens with zero attached hydrogens (tertiary/aromatic N) is 10. The van der Waals surface area contributed by atoms with Crippen LogP contribution in [0.4, 0.5) is 5.82 Å². The summed E-state index contributed by atoms with van der Waals surface area (Å²) in [5.74, 6) is 1.36. The van der Waals surface area contributed by atoms with Crippen LogP contribution in [0.5, 0.6) is 5.75 Å². The van der Waals surface area contributed by atoms with Crippen LogP contribution in [0, 0.1) is 16.7 Å². The fourth-order valence-corrected chi connectivity index (χ4v) is 11.8. The number of hydrogen-bond donors (Lipinski definition) is 1. The lowest BCUT2D eigenvalue weighted by Gasteiger charge is -2.46. The van der Waals surface area contributed by atoms with E-state index in [2.05, 4.69) is 66.3 Å². The first-order valence-corrected chi connectivity index (χ1v) is 25.2. The zero-order valence-corrected chi connectivity index (χ0v) is 39.9. The number of pyridine rings is 1. The number of fused-ring (bicyclic) bond motifs is 2. The first kappa shape index (κ1) is 45.1. The Labute approximate surface area is 407 Å². The van der Waals surface area contributed by atoms with Gasteiger partial charge in [-0.25, -0.2) is 0 Å². The molecule has 4 aromatic heterocycles. The van der Waals surface area contributed by atoms with Gasteiger partial charge in [-0.1, -0.05) is 29.8 Å². The summed E-state index contributed by atoms with van der Waals surface area (Å²) in [6.45, 7) is 6.27. The number of hydrogen-bond acceptors (Lipinski definition) is 11. The normalized spacial score (nSPS) is 20.9. The molecule has 0 radical (unpaired) electrons. The van der Waals surface area contributed by atoms with E-state index in [4.69, 9.17) is 41.5 Å². The third-order valence-corrected chi connectivity index (χ3v) is 16.1. The Hall–Kier alpha value is -6.37. The monoisotopic (exact) mass is 947 g/mol. The molecule has 356 valence electrons. The minimum Gasteiger partial charge on any atom is -0.490 e. The molecule has 6 aromatic rings. The fourth-order valence-electron chi connectivity index (χ4n) is 11.6. The first-order valence-electron chi connectivity index (χ1n) is 24.8. The SMILES string of the molecule is CC(=O)N1CCc2c(c(-c3cccc4cc(-c5cnn(C6CCC7(CC6)CCN(c6ccc(C(=O)NC8CCC(Oc9ccc(C#N)c(Cl)c9)CC8)nn6)CC7)c5)ncc34)nn2C2CCOCC2)C1. The standard InChI is InChI=1S/C53H58ClN11O4/c1-34(66)63-22-15-49-45(33-63)51(61-65(49)40-16-25-68-26-17-40)43-4-2-3-35-27-48(56-31-44(35)43)37-30-57-64(32-37)39-13-18-53(19-14-39)20-23-62(24-21-53)50-12-11-47(59-60-50)52(67)58-38-6-9-41(10-7-38)69-42-8-5-36(29-55)46(54)28-42/h2-5,8,11-12,27-28,30-32,38-41H,6-7,9-10,13-26,33H2,1H3,(H,58,67). The van der Waals surface area contributed by atoms with Crippen LogP contribution >= 0.6 is 11.6 Å². The van der Waals surface area contributed by atoms with E-state index in [-0.39, 0.29) is 24.0 Å². The van der Waals surface area contributed by atoms with E-state index in [1.54, 1.807) is 31.2 Å². The number of ether oxygens (including phenoxy) is 2. The molecule has 15 nitrogen and oxygen atoms in total. The van der Waals surface area contributed by atoms with Crippen molar-refractivity contribution < 1.29 is 19.1 Å². The highest BCUT2D eigenvalue weighted by molar-refractivity contribution is 6.31. The van der Waals surface area contributed by atoms with Crippen LogP contribution in [0.25, 0.3) is 33.3 Å². The minimum atomic E-state index is -0.202. The first-order chi connectivity index (χ1) is 33.7. The molecule has 1 N–H and O–H groups in total. The second kappa shape index (κ2) is 19.2. The average Bonchev–Trinajstić information content (AvgIpc) is 4.04. The van der Waals surface area contributed by atoms with E-state index in [1.807, 2.05) is 23.4 Å². The van der Waals surface area contributed by atoms with E-state index in [9.17, 15) is 9.59 Å². The summed E-state index contributed by atoms with van der Waals surface area (Å²) < 4.78 is 16.2. The Morgan fingerprint density at radius 3 is 2.45 bits per heavy atom. The van der Waals surface area contributed by atoms with Gasteiger partial charge in [0.2, 0.25) is 5.91 Å². The van der Waals surface area contributed by atoms with Crippen LogP contribution in [0.15, 0.2) is 73.2 Å². The molecule has 2 saturated heterocycles. The molecule has 11 rings (SSSR count). The zero-order valence-electron chi connectivity index (χ0n) is 39.2. The number of carbonyl (C=O) groups is 2. The summed E-state index contributed by atoms with van der Waals surface area (Å²) in [6.07, 6.45) is 18.8. The lowest BCUT2D eigenvalue weighted by atomic mass is 9.67. The van der Waals surface area contributed by atoms with Gasteiger partial charge in [0.25, 0.3) is 5.91 Å². The van der Waals surface area contributed by atoms with Gasteiger partial charge in [0.05, 0.1) is 46.4 Å². The van der Waals surface area contributed by atoms with Crippen molar-refractivity contribution in [1.29, 1.82) is 5.26 Å². The Morgan fingerprint density at radius 1 is 0.899 bits per heavy atom. The maximum Gasteiger partial charge on any atom is 0.272 e. The molecule has 0 unspecified atom stereocenters. The van der Waals surface area contributed by atoms with Crippen molar-refractivity contribution in [3.05, 3.63) is 101 Å². The highest BCUT2D eigenvalue weighted by atomic mass is 35.5. The van der Waals surface area contributed by atoms with Crippen molar-refractivity contribution in [3.8, 4) is 34.3 Å². The molecule has 3 aliphatic heterocycles. The van der Waals surface area contributed by atoms with Gasteiger partial charge in [0.1, 0.15) is 11.8 Å². The summed E-state index contributed by atoms with van der Waals surface area (Å²) in [7, 11) is 0. The number of anilines is 1. The summed E-state index contributed by atoms with van der Waals surface area (Å²) in [6, 6.07) is 20.2. The number of nitriles is 1. The third kappa shape index (κ3) is 9.28. The Kier molecular flexibility index (Phi) is 12.5. The van der Waals surface area contributed by atoms with Crippen molar-refractivity contribution in [1.82, 2.24) is 45.0 Å². The number of benzene rings is 2. The van der Waals surface area contributed by atoms with Gasteiger partial charge >= 0.3 is 0 Å². The van der Waals surface area contributed by atoms with E-state index >= 15 is 0 Å². The van der Waals surface area contributed by atoms with Gasteiger partial charge in [-0.15, -0.1) is 10.2 Å². The van der Waals surface area contributed by atoms with Crippen LogP contribution in [0.3, 0.4) is 0 Å². The topological polar surface area (TPSA) is 169 Å². The molecule has 2 aromatic carbocycles. The second-order valence-corrected chi connectivity index (χ2v) is 20.3. The second-order valence-electron chi connectivity index (χ2n) is 19.9. The largest absolute Gasteiger partial charge is 0.490 e. The molecule has 7 heterocycles. The maximum absolute atomic E-state index is 13.2. The van der Waals surface area contributed by atoms with Crippen LogP contribution in [-0.4, -0.2) is 96.5 Å². The quantitative estimate of drug-likeness (QED) is 0.147. The number of rotatable bonds is 9. The van der Waals surface area contributed by atoms with Gasteiger partial charge in [-0.2, -0.15) is 15.5 Å². The van der Waals surface area contributed by atoms with Crippen molar-refractivity contribution in [2.45, 2.75) is 121 Å². The molecule has 2 saturated carbocycles. The van der Waals surface area contributed by atoms with Gasteiger partial charge < -0.3 is 24.6 Å². The summed E-state index contributed by atoms with van der Waals surface area (Å²) in [4.78, 5) is 34.9. The summed E-state index contributed by atoms with van der Waals surface area (Å²) in [5.41, 5.74) is 7.38. The van der Waals surface area contributed by atoms with E-state index < -0.39 is 0 Å². The Balaban J connectivity index is 0.677. The van der Waals surface area contributed by atoms with E-state index in [1.165, 1.54) is 18.5 Å². The number of aromatic nitrogens is 7. The maximum atomic E-state index is 13.2. The van der Waals surface area contributed by atoms with Gasteiger partial charge in [0.15, 0.2) is 11.5 Å². The molecular weight excluding hydrogens is 890 g/mol. The Bertz CT molecular complexity index is 2890. The molecule has 0 bridgehead atoms. The number of amides is 2. The predicted molar refractivity (Wildman–Crippen MR) is 262 cm³/mol. The Morgan fingerprint density at radius 2 is 1.71 bits per heavy atom. The molecule has 69 heavy (non-hydrogen) atoms. The van der Waals surface area contributed by atoms with Gasteiger partial charge in [-0.05, 0) is 118 Å². The smallest absolute Gasteiger partial charge is 0.272 e. The number of nitrogens with one attached hydrogen (secondary N) is 1. The highest BCUT2D eigenvalue weighted by Gasteiger charge is 2.39. The zero-order chi connectivity index (χ0) is 47.1. The number of carbonyl (C=O) groups excluding carboxylic acids is 2.